The van der Waals surface area contributed by atoms with Gasteiger partial charge in [-0.1, -0.05) is 363 Å². The van der Waals surface area contributed by atoms with Crippen LogP contribution in [0.25, 0.3) is 0 Å². The number of unbranched alkanes of at least 4 members (excludes halogenated alkanes) is 46. The van der Waals surface area contributed by atoms with Crippen LogP contribution in [0, 0.1) is 17.8 Å². The van der Waals surface area contributed by atoms with Crippen molar-refractivity contribution in [1.29, 1.82) is 0 Å². The first-order valence-electron chi connectivity index (χ1n) is 41.3. The molecule has 0 bridgehead atoms. The second-order valence-corrected chi connectivity index (χ2v) is 33.1. The van der Waals surface area contributed by atoms with E-state index in [1.807, 2.05) is 0 Å². The molecule has 0 spiro atoms. The molecule has 588 valence electrons. The molecule has 99 heavy (non-hydrogen) atoms. The number of aliphatic hydroxyl groups excluding tert-OH is 1. The van der Waals surface area contributed by atoms with E-state index in [0.29, 0.717) is 25.7 Å². The molecule has 0 aromatic carbocycles. The van der Waals surface area contributed by atoms with Crippen molar-refractivity contribution < 1.29 is 80.2 Å². The molecule has 0 amide bonds. The van der Waals surface area contributed by atoms with Crippen LogP contribution in [0.5, 0.6) is 0 Å². The minimum Gasteiger partial charge on any atom is -0.462 e. The maximum absolute atomic E-state index is 13.1. The third-order valence-electron chi connectivity index (χ3n) is 18.6. The highest BCUT2D eigenvalue weighted by Gasteiger charge is 2.30. The molecule has 0 rings (SSSR count). The number of esters is 4. The summed E-state index contributed by atoms with van der Waals surface area (Å²) in [5.41, 5.74) is 0. The van der Waals surface area contributed by atoms with E-state index in [0.717, 1.165) is 108 Å². The Labute approximate surface area is 607 Å². The van der Waals surface area contributed by atoms with Gasteiger partial charge in [-0.15, -0.1) is 0 Å². The summed E-state index contributed by atoms with van der Waals surface area (Å²) in [5, 5.41) is 10.6. The first-order chi connectivity index (χ1) is 47.7. The van der Waals surface area contributed by atoms with Crippen LogP contribution in [0.4, 0.5) is 0 Å². The molecule has 0 saturated carbocycles. The van der Waals surface area contributed by atoms with Gasteiger partial charge in [-0.25, -0.2) is 9.13 Å². The van der Waals surface area contributed by atoms with Crippen molar-refractivity contribution in [3.63, 3.8) is 0 Å². The summed E-state index contributed by atoms with van der Waals surface area (Å²) in [6, 6.07) is 0. The van der Waals surface area contributed by atoms with Crippen molar-refractivity contribution in [1.82, 2.24) is 0 Å². The monoisotopic (exact) mass is 1450 g/mol. The smallest absolute Gasteiger partial charge is 0.462 e. The summed E-state index contributed by atoms with van der Waals surface area (Å²) >= 11 is 0. The van der Waals surface area contributed by atoms with E-state index < -0.39 is 97.5 Å². The maximum atomic E-state index is 13.1. The molecule has 17 nitrogen and oxygen atoms in total. The number of aliphatic hydroxyl groups is 1. The number of rotatable bonds is 78. The largest absolute Gasteiger partial charge is 0.472 e. The van der Waals surface area contributed by atoms with Crippen molar-refractivity contribution in [2.75, 3.05) is 39.6 Å². The molecule has 0 fully saturated rings. The molecule has 0 heterocycles. The lowest BCUT2D eigenvalue weighted by Gasteiger charge is -2.21. The van der Waals surface area contributed by atoms with Crippen LogP contribution in [0.1, 0.15) is 414 Å². The number of carbonyl (C=O) groups excluding carboxylic acids is 4. The van der Waals surface area contributed by atoms with Gasteiger partial charge in [0, 0.05) is 25.7 Å². The Kier molecular flexibility index (Phi) is 69.0. The van der Waals surface area contributed by atoms with E-state index >= 15 is 0 Å². The van der Waals surface area contributed by atoms with Crippen LogP contribution >= 0.6 is 15.6 Å². The summed E-state index contributed by atoms with van der Waals surface area (Å²) in [7, 11) is -9.92. The normalized spacial score (nSPS) is 14.0. The maximum Gasteiger partial charge on any atom is 0.472 e. The lowest BCUT2D eigenvalue weighted by atomic mass is 10.0. The number of hydrogen-bond acceptors (Lipinski definition) is 15. The highest BCUT2D eigenvalue weighted by atomic mass is 31.2. The molecule has 0 aliphatic rings. The molecule has 0 aromatic heterocycles. The Bertz CT molecular complexity index is 1920. The fourth-order valence-corrected chi connectivity index (χ4v) is 13.9. The topological polar surface area (TPSA) is 237 Å². The van der Waals surface area contributed by atoms with E-state index in [9.17, 15) is 43.2 Å². The molecule has 0 aliphatic heterocycles. The van der Waals surface area contributed by atoms with Gasteiger partial charge in [-0.3, -0.25) is 37.3 Å². The summed E-state index contributed by atoms with van der Waals surface area (Å²) in [6.45, 7) is 12.0. The first kappa shape index (κ1) is 97.1. The third kappa shape index (κ3) is 74.1. The highest BCUT2D eigenvalue weighted by Crippen LogP contribution is 2.45. The van der Waals surface area contributed by atoms with Crippen LogP contribution in [-0.4, -0.2) is 96.7 Å². The van der Waals surface area contributed by atoms with Crippen molar-refractivity contribution in [3.05, 3.63) is 0 Å². The zero-order valence-electron chi connectivity index (χ0n) is 65.0. The predicted molar refractivity (Wildman–Crippen MR) is 405 cm³/mol. The van der Waals surface area contributed by atoms with Gasteiger partial charge in [-0.05, 0) is 43.4 Å². The summed E-state index contributed by atoms with van der Waals surface area (Å²) < 4.78 is 68.7. The summed E-state index contributed by atoms with van der Waals surface area (Å²) in [4.78, 5) is 73.0. The van der Waals surface area contributed by atoms with Gasteiger partial charge >= 0.3 is 39.5 Å². The lowest BCUT2D eigenvalue weighted by Crippen LogP contribution is -2.30. The fraction of sp³-hybridized carbons (Fsp3) is 0.950. The van der Waals surface area contributed by atoms with Gasteiger partial charge in [0.05, 0.1) is 26.4 Å². The Morgan fingerprint density at radius 3 is 0.687 bits per heavy atom. The minimum absolute atomic E-state index is 0.107. The van der Waals surface area contributed by atoms with Gasteiger partial charge < -0.3 is 33.8 Å². The van der Waals surface area contributed by atoms with E-state index in [-0.39, 0.29) is 25.7 Å². The standard InChI is InChI=1S/C80H156O17P2/c1-8-9-10-11-12-13-14-15-20-26-35-42-49-56-63-79(84)97-76(68-91-78(83)62-55-48-41-34-29-28-32-39-46-53-60-73(6)7)70-95-99(88,89)93-66-74(81)65-92-98(86,87)94-69-75(96-80(85)64-57-50-43-36-27-22-17-19-24-31-38-45-52-59-72(4)5)67-90-77(82)61-54-47-40-33-25-21-16-18-23-30-37-44-51-58-71(2)3/h71-76,81H,8-70H2,1-7H3,(H,86,87)(H,88,89)/t74-,75-,76-/m1/s1. The van der Waals surface area contributed by atoms with Crippen LogP contribution in [-0.2, 0) is 65.4 Å². The molecule has 5 atom stereocenters. The molecular weight excluding hydrogens is 1290 g/mol. The molecule has 0 radical (unpaired) electrons. The molecule has 0 aromatic rings. The van der Waals surface area contributed by atoms with Gasteiger partial charge in [0.25, 0.3) is 0 Å². The first-order valence-corrected chi connectivity index (χ1v) is 44.3. The van der Waals surface area contributed by atoms with Gasteiger partial charge in [-0.2, -0.15) is 0 Å². The molecule has 3 N–H and O–H groups in total. The summed E-state index contributed by atoms with van der Waals surface area (Å²) in [5.74, 6) is 0.227. The lowest BCUT2D eigenvalue weighted by molar-refractivity contribution is -0.161. The van der Waals surface area contributed by atoms with Crippen LogP contribution in [0.2, 0.25) is 0 Å². The number of phosphoric ester groups is 2. The average Bonchev–Trinajstić information content (AvgIpc) is 1.08. The number of ether oxygens (including phenoxy) is 4. The van der Waals surface area contributed by atoms with Crippen molar-refractivity contribution in [2.45, 2.75) is 433 Å². The van der Waals surface area contributed by atoms with Crippen molar-refractivity contribution >= 4 is 39.5 Å². The SMILES string of the molecule is CCCCCCCCCCCCCCCCC(=O)O[C@H](COC(=O)CCCCCCCCCCCCC(C)C)COP(=O)(O)OC[C@H](O)COP(=O)(O)OC[C@@H](COC(=O)CCCCCCCCCCCCCCCC(C)C)OC(=O)CCCCCCCCCCCCCCCC(C)C. The predicted octanol–water partition coefficient (Wildman–Crippen LogP) is 23.7. The zero-order chi connectivity index (χ0) is 73.0. The molecule has 19 heteroatoms. The van der Waals surface area contributed by atoms with E-state index in [2.05, 4.69) is 48.5 Å². The Morgan fingerprint density at radius 2 is 0.465 bits per heavy atom. The number of hydrogen-bond donors (Lipinski definition) is 3. The third-order valence-corrected chi connectivity index (χ3v) is 20.5. The number of phosphoric acid groups is 2. The molecular formula is C80H156O17P2. The fourth-order valence-electron chi connectivity index (χ4n) is 12.3. The highest BCUT2D eigenvalue weighted by molar-refractivity contribution is 7.47. The Balaban J connectivity index is 5.27. The van der Waals surface area contributed by atoms with E-state index in [4.69, 9.17) is 37.0 Å². The summed E-state index contributed by atoms with van der Waals surface area (Å²) in [6.07, 6.45) is 58.1. The second kappa shape index (κ2) is 70.4. The van der Waals surface area contributed by atoms with Crippen molar-refractivity contribution in [3.8, 4) is 0 Å². The van der Waals surface area contributed by atoms with Crippen LogP contribution < -0.4 is 0 Å². The van der Waals surface area contributed by atoms with E-state index in [1.54, 1.807) is 0 Å². The second-order valence-electron chi connectivity index (χ2n) is 30.2. The Hall–Kier alpha value is -1.94. The van der Waals surface area contributed by atoms with Crippen LogP contribution in [0.15, 0.2) is 0 Å². The zero-order valence-corrected chi connectivity index (χ0v) is 66.8. The van der Waals surface area contributed by atoms with Crippen molar-refractivity contribution in [2.24, 2.45) is 17.8 Å². The van der Waals surface area contributed by atoms with Crippen LogP contribution in [0.3, 0.4) is 0 Å². The quantitative estimate of drug-likeness (QED) is 0.0222. The van der Waals surface area contributed by atoms with Gasteiger partial charge in [0.2, 0.25) is 0 Å². The number of carbonyl (C=O) groups is 4. The molecule has 0 aliphatic carbocycles. The van der Waals surface area contributed by atoms with E-state index in [1.165, 1.54) is 225 Å². The van der Waals surface area contributed by atoms with Gasteiger partial charge in [0.1, 0.15) is 19.3 Å². The molecule has 2 unspecified atom stereocenters. The average molecular weight is 1450 g/mol. The molecule has 0 saturated heterocycles. The van der Waals surface area contributed by atoms with Gasteiger partial charge in [0.15, 0.2) is 12.2 Å². The minimum atomic E-state index is -4.96. The Morgan fingerprint density at radius 1 is 0.273 bits per heavy atom.